The quantitative estimate of drug-likeness (QED) is 0.468. The molecule has 0 aliphatic heterocycles. The molecule has 3 aromatic rings. The highest BCUT2D eigenvalue weighted by molar-refractivity contribution is 5.98. The topological polar surface area (TPSA) is 103 Å². The summed E-state index contributed by atoms with van der Waals surface area (Å²) >= 11 is 0. The van der Waals surface area contributed by atoms with Gasteiger partial charge in [-0.15, -0.1) is 0 Å². The van der Waals surface area contributed by atoms with Crippen molar-refractivity contribution in [1.29, 1.82) is 0 Å². The van der Waals surface area contributed by atoms with Crippen LogP contribution < -0.4 is 20.1 Å². The molecule has 0 aliphatic carbocycles. The zero-order chi connectivity index (χ0) is 24.5. The van der Waals surface area contributed by atoms with E-state index < -0.39 is 36.2 Å². The van der Waals surface area contributed by atoms with Crippen molar-refractivity contribution in [3.63, 3.8) is 0 Å². The predicted molar refractivity (Wildman–Crippen MR) is 122 cm³/mol. The summed E-state index contributed by atoms with van der Waals surface area (Å²) in [4.78, 5) is 37.8. The molecule has 3 aromatic carbocycles. The molecule has 1 atom stereocenters. The minimum atomic E-state index is -1.28. The molecule has 0 aromatic heterocycles. The number of hydrogen-bond donors (Lipinski definition) is 2. The summed E-state index contributed by atoms with van der Waals surface area (Å²) in [5.74, 6) is -1.62. The molecule has 0 radical (unpaired) electrons. The maximum Gasteiger partial charge on any atom is 0.326 e. The first-order valence-electron chi connectivity index (χ1n) is 10.2. The summed E-state index contributed by atoms with van der Waals surface area (Å²) < 4.78 is 28.8. The highest BCUT2D eigenvalue weighted by Crippen LogP contribution is 2.27. The van der Waals surface area contributed by atoms with Gasteiger partial charge in [-0.3, -0.25) is 14.4 Å². The number of halogens is 1. The SMILES string of the molecule is COc1ccc(C(=O)NCC(=O)O[C@@H](C(=O)Nc2ccc(F)cc2)c2ccccc2)cc1OC. The Morgan fingerprint density at radius 1 is 0.882 bits per heavy atom. The number of rotatable bonds is 9. The second-order valence-corrected chi connectivity index (χ2v) is 7.03. The molecule has 0 saturated heterocycles. The summed E-state index contributed by atoms with van der Waals surface area (Å²) in [6, 6.07) is 18.1. The number of ether oxygens (including phenoxy) is 3. The monoisotopic (exact) mass is 466 g/mol. The van der Waals surface area contributed by atoms with Crippen LogP contribution in [0.5, 0.6) is 11.5 Å². The molecule has 0 heterocycles. The molecule has 2 amide bonds. The van der Waals surface area contributed by atoms with Crippen LogP contribution in [0.4, 0.5) is 10.1 Å². The van der Waals surface area contributed by atoms with Gasteiger partial charge in [0.2, 0.25) is 6.10 Å². The molecule has 34 heavy (non-hydrogen) atoms. The van der Waals surface area contributed by atoms with Gasteiger partial charge in [-0.2, -0.15) is 0 Å². The van der Waals surface area contributed by atoms with E-state index >= 15 is 0 Å². The van der Waals surface area contributed by atoms with E-state index in [-0.39, 0.29) is 5.56 Å². The second kappa shape index (κ2) is 11.5. The Kier molecular flexibility index (Phi) is 8.17. The van der Waals surface area contributed by atoms with Gasteiger partial charge in [0, 0.05) is 16.8 Å². The Bertz CT molecular complexity index is 1150. The van der Waals surface area contributed by atoms with Crippen molar-refractivity contribution in [2.24, 2.45) is 0 Å². The molecule has 3 rings (SSSR count). The van der Waals surface area contributed by atoms with E-state index in [0.717, 1.165) is 0 Å². The number of anilines is 1. The Morgan fingerprint density at radius 3 is 2.21 bits per heavy atom. The molecular formula is C25H23FN2O6. The molecule has 8 nitrogen and oxygen atoms in total. The molecule has 0 unspecified atom stereocenters. The van der Waals surface area contributed by atoms with Crippen LogP contribution in [0.1, 0.15) is 22.0 Å². The van der Waals surface area contributed by atoms with Crippen molar-refractivity contribution < 1.29 is 33.0 Å². The lowest BCUT2D eigenvalue weighted by Crippen LogP contribution is -2.33. The van der Waals surface area contributed by atoms with Crippen molar-refractivity contribution in [1.82, 2.24) is 5.32 Å². The number of carbonyl (C=O) groups is 3. The normalized spacial score (nSPS) is 11.1. The first-order valence-corrected chi connectivity index (χ1v) is 10.2. The maximum atomic E-state index is 13.1. The molecule has 0 spiro atoms. The number of methoxy groups -OCH3 is 2. The predicted octanol–water partition coefficient (Wildman–Crippen LogP) is 3.50. The van der Waals surface area contributed by atoms with Gasteiger partial charge in [0.15, 0.2) is 11.5 Å². The number of carbonyl (C=O) groups excluding carboxylic acids is 3. The van der Waals surface area contributed by atoms with Crippen molar-refractivity contribution in [3.05, 3.63) is 89.7 Å². The Hall–Kier alpha value is -4.40. The first kappa shape index (κ1) is 24.2. The molecule has 176 valence electrons. The fourth-order valence-electron chi connectivity index (χ4n) is 3.05. The average Bonchev–Trinajstić information content (AvgIpc) is 2.87. The lowest BCUT2D eigenvalue weighted by molar-refractivity contribution is -0.153. The standard InChI is InChI=1S/C25H23FN2O6/c1-32-20-13-8-17(14-21(20)33-2)24(30)27-15-22(29)34-23(16-6-4-3-5-7-16)25(31)28-19-11-9-18(26)10-12-19/h3-14,23H,15H2,1-2H3,(H,27,30)(H,28,31)/t23-/m1/s1. The third-order valence-electron chi connectivity index (χ3n) is 4.74. The highest BCUT2D eigenvalue weighted by atomic mass is 19.1. The minimum absolute atomic E-state index is 0.249. The van der Waals surface area contributed by atoms with Crippen molar-refractivity contribution in [2.45, 2.75) is 6.10 Å². The van der Waals surface area contributed by atoms with E-state index in [1.165, 1.54) is 50.6 Å². The third kappa shape index (κ3) is 6.32. The average molecular weight is 466 g/mol. The summed E-state index contributed by atoms with van der Waals surface area (Å²) in [7, 11) is 2.92. The van der Waals surface area contributed by atoms with E-state index in [2.05, 4.69) is 10.6 Å². The minimum Gasteiger partial charge on any atom is -0.493 e. The molecular weight excluding hydrogens is 443 g/mol. The summed E-state index contributed by atoms with van der Waals surface area (Å²) in [5.41, 5.74) is 1.02. The van der Waals surface area contributed by atoms with E-state index in [1.54, 1.807) is 36.4 Å². The van der Waals surface area contributed by atoms with Crippen LogP contribution in [-0.2, 0) is 14.3 Å². The largest absolute Gasteiger partial charge is 0.493 e. The zero-order valence-corrected chi connectivity index (χ0v) is 18.5. The number of benzene rings is 3. The van der Waals surface area contributed by atoms with E-state index in [0.29, 0.717) is 22.7 Å². The van der Waals surface area contributed by atoms with E-state index in [9.17, 15) is 18.8 Å². The maximum absolute atomic E-state index is 13.1. The summed E-state index contributed by atoms with van der Waals surface area (Å²) in [6.45, 7) is -0.472. The smallest absolute Gasteiger partial charge is 0.326 e. The van der Waals surface area contributed by atoms with Crippen LogP contribution in [0, 0.1) is 5.82 Å². The second-order valence-electron chi connectivity index (χ2n) is 7.03. The lowest BCUT2D eigenvalue weighted by atomic mass is 10.1. The fourth-order valence-corrected chi connectivity index (χ4v) is 3.05. The van der Waals surface area contributed by atoms with Crippen LogP contribution >= 0.6 is 0 Å². The van der Waals surface area contributed by atoms with Gasteiger partial charge in [-0.25, -0.2) is 4.39 Å². The number of nitrogens with one attached hydrogen (secondary N) is 2. The molecule has 0 aliphatic rings. The van der Waals surface area contributed by atoms with Crippen LogP contribution in [0.2, 0.25) is 0 Å². The van der Waals surface area contributed by atoms with Crippen molar-refractivity contribution in [3.8, 4) is 11.5 Å². The Morgan fingerprint density at radius 2 is 1.56 bits per heavy atom. The van der Waals surface area contributed by atoms with Crippen molar-refractivity contribution >= 4 is 23.5 Å². The number of hydrogen-bond acceptors (Lipinski definition) is 6. The van der Waals surface area contributed by atoms with Crippen molar-refractivity contribution in [2.75, 3.05) is 26.1 Å². The lowest BCUT2D eigenvalue weighted by Gasteiger charge is -2.18. The van der Waals surface area contributed by atoms with E-state index in [1.807, 2.05) is 0 Å². The Labute approximate surface area is 195 Å². The Balaban J connectivity index is 1.66. The van der Waals surface area contributed by atoms with Gasteiger partial charge >= 0.3 is 5.97 Å². The van der Waals surface area contributed by atoms with Crippen LogP contribution in [0.3, 0.4) is 0 Å². The molecule has 9 heteroatoms. The van der Waals surface area contributed by atoms with Crippen LogP contribution in [0.15, 0.2) is 72.8 Å². The van der Waals surface area contributed by atoms with Gasteiger partial charge in [0.05, 0.1) is 14.2 Å². The van der Waals surface area contributed by atoms with Gasteiger partial charge in [0.1, 0.15) is 12.4 Å². The number of esters is 1. The number of amides is 2. The third-order valence-corrected chi connectivity index (χ3v) is 4.74. The van der Waals surface area contributed by atoms with Gasteiger partial charge in [0.25, 0.3) is 11.8 Å². The van der Waals surface area contributed by atoms with Gasteiger partial charge in [-0.05, 0) is 42.5 Å². The molecule has 2 N–H and O–H groups in total. The van der Waals surface area contributed by atoms with Crippen LogP contribution in [-0.4, -0.2) is 38.5 Å². The fraction of sp³-hybridized carbons (Fsp3) is 0.160. The van der Waals surface area contributed by atoms with Crippen LogP contribution in [0.25, 0.3) is 0 Å². The van der Waals surface area contributed by atoms with Gasteiger partial charge < -0.3 is 24.8 Å². The summed E-state index contributed by atoms with van der Waals surface area (Å²) in [5, 5.41) is 5.05. The molecule has 0 fully saturated rings. The first-order chi connectivity index (χ1) is 16.4. The highest BCUT2D eigenvalue weighted by Gasteiger charge is 2.25. The molecule has 0 bridgehead atoms. The van der Waals surface area contributed by atoms with Gasteiger partial charge in [-0.1, -0.05) is 30.3 Å². The summed E-state index contributed by atoms with van der Waals surface area (Å²) in [6.07, 6.45) is -1.28. The van der Waals surface area contributed by atoms with E-state index in [4.69, 9.17) is 14.2 Å². The molecule has 0 saturated carbocycles. The zero-order valence-electron chi connectivity index (χ0n) is 18.5.